The number of hydrogen-bond acceptors (Lipinski definition) is 7. The van der Waals surface area contributed by atoms with E-state index in [-0.39, 0.29) is 35.3 Å². The summed E-state index contributed by atoms with van der Waals surface area (Å²) in [5, 5.41) is 2.99. The number of piperazine rings is 1. The summed E-state index contributed by atoms with van der Waals surface area (Å²) in [6, 6.07) is 3.19. The van der Waals surface area contributed by atoms with Crippen molar-refractivity contribution in [2.75, 3.05) is 31.1 Å². The van der Waals surface area contributed by atoms with Crippen LogP contribution in [-0.4, -0.2) is 63.1 Å². The van der Waals surface area contributed by atoms with Crippen LogP contribution in [0.3, 0.4) is 0 Å². The highest BCUT2D eigenvalue weighted by Gasteiger charge is 2.27. The van der Waals surface area contributed by atoms with Crippen molar-refractivity contribution in [3.63, 3.8) is 0 Å². The number of pyridine rings is 1. The van der Waals surface area contributed by atoms with E-state index < -0.39 is 17.2 Å². The van der Waals surface area contributed by atoms with Crippen molar-refractivity contribution in [3.05, 3.63) is 56.8 Å². The van der Waals surface area contributed by atoms with Crippen LogP contribution in [0.2, 0.25) is 0 Å². The quantitative estimate of drug-likeness (QED) is 0.578. The van der Waals surface area contributed by atoms with E-state index in [1.807, 2.05) is 11.8 Å². The lowest BCUT2D eigenvalue weighted by atomic mass is 10.1. The van der Waals surface area contributed by atoms with Crippen LogP contribution in [0.1, 0.15) is 30.0 Å². The molecule has 0 bridgehead atoms. The first-order chi connectivity index (χ1) is 16.2. The number of anilines is 1. The van der Waals surface area contributed by atoms with Gasteiger partial charge in [-0.05, 0) is 38.5 Å². The molecule has 0 unspecified atom stereocenters. The van der Waals surface area contributed by atoms with E-state index in [9.17, 15) is 19.2 Å². The van der Waals surface area contributed by atoms with Crippen LogP contribution in [0.5, 0.6) is 0 Å². The number of fused-ring (bicyclic) bond motifs is 1. The van der Waals surface area contributed by atoms with Crippen molar-refractivity contribution in [3.8, 4) is 0 Å². The number of amides is 2. The lowest BCUT2D eigenvalue weighted by molar-refractivity contribution is -0.122. The van der Waals surface area contributed by atoms with Gasteiger partial charge >= 0.3 is 5.69 Å². The van der Waals surface area contributed by atoms with E-state index in [4.69, 9.17) is 4.42 Å². The minimum Gasteiger partial charge on any atom is -0.459 e. The zero-order valence-corrected chi connectivity index (χ0v) is 19.7. The van der Waals surface area contributed by atoms with E-state index in [0.29, 0.717) is 31.9 Å². The molecule has 0 atom stereocenters. The fourth-order valence-electron chi connectivity index (χ4n) is 4.28. The zero-order chi connectivity index (χ0) is 24.6. The molecule has 3 aromatic rings. The third kappa shape index (κ3) is 4.20. The molecule has 1 saturated heterocycles. The Kier molecular flexibility index (Phi) is 6.27. The topological polar surface area (TPSA) is 123 Å². The number of nitrogens with zero attached hydrogens (tertiary/aromatic N) is 5. The Hall–Kier alpha value is -3.89. The molecule has 4 rings (SSSR count). The van der Waals surface area contributed by atoms with E-state index in [0.717, 1.165) is 10.1 Å². The van der Waals surface area contributed by atoms with Crippen molar-refractivity contribution < 1.29 is 14.0 Å². The number of aromatic nitrogens is 3. The highest BCUT2D eigenvalue weighted by molar-refractivity contribution is 5.93. The molecule has 3 aromatic heterocycles. The Morgan fingerprint density at radius 2 is 1.88 bits per heavy atom. The molecule has 4 heterocycles. The van der Waals surface area contributed by atoms with E-state index in [1.165, 1.54) is 17.9 Å². The number of furan rings is 1. The van der Waals surface area contributed by atoms with Gasteiger partial charge in [0.1, 0.15) is 11.9 Å². The number of nitrogens with one attached hydrogen (secondary N) is 1. The molecular weight excluding hydrogens is 440 g/mol. The van der Waals surface area contributed by atoms with Crippen molar-refractivity contribution in [1.29, 1.82) is 0 Å². The predicted molar refractivity (Wildman–Crippen MR) is 126 cm³/mol. The van der Waals surface area contributed by atoms with Gasteiger partial charge in [-0.3, -0.25) is 23.5 Å². The summed E-state index contributed by atoms with van der Waals surface area (Å²) in [4.78, 5) is 59.4. The highest BCUT2D eigenvalue weighted by Crippen LogP contribution is 2.27. The van der Waals surface area contributed by atoms with Gasteiger partial charge < -0.3 is 19.5 Å². The molecule has 1 aliphatic heterocycles. The second-order valence-electron chi connectivity index (χ2n) is 8.70. The summed E-state index contributed by atoms with van der Waals surface area (Å²) >= 11 is 0. The number of rotatable bonds is 5. The fraction of sp³-hybridized carbons (Fsp3) is 0.435. The van der Waals surface area contributed by atoms with E-state index >= 15 is 0 Å². The molecule has 34 heavy (non-hydrogen) atoms. The van der Waals surface area contributed by atoms with Crippen LogP contribution in [0.25, 0.3) is 11.0 Å². The van der Waals surface area contributed by atoms with Gasteiger partial charge in [0.2, 0.25) is 5.91 Å². The Labute approximate surface area is 195 Å². The summed E-state index contributed by atoms with van der Waals surface area (Å²) in [7, 11) is 1.53. The van der Waals surface area contributed by atoms with Crippen molar-refractivity contribution in [1.82, 2.24) is 24.3 Å². The molecule has 11 heteroatoms. The zero-order valence-electron chi connectivity index (χ0n) is 19.7. The average molecular weight is 469 g/mol. The minimum atomic E-state index is -0.604. The summed E-state index contributed by atoms with van der Waals surface area (Å²) in [6.45, 7) is 6.95. The first-order valence-corrected chi connectivity index (χ1v) is 11.1. The second kappa shape index (κ2) is 9.16. The number of hydrogen-bond donors (Lipinski definition) is 1. The first-order valence-electron chi connectivity index (χ1n) is 11.1. The molecule has 11 nitrogen and oxygen atoms in total. The molecule has 0 aliphatic carbocycles. The summed E-state index contributed by atoms with van der Waals surface area (Å²) < 4.78 is 7.46. The fourth-order valence-corrected chi connectivity index (χ4v) is 4.28. The average Bonchev–Trinajstić information content (AvgIpc) is 3.34. The van der Waals surface area contributed by atoms with Crippen molar-refractivity contribution >= 4 is 28.5 Å². The molecule has 0 aromatic carbocycles. The molecule has 1 N–H and O–H groups in total. The molecular formula is C23H28N6O5. The third-order valence-corrected chi connectivity index (χ3v) is 5.88. The lowest BCUT2D eigenvalue weighted by Gasteiger charge is -2.36. The first kappa shape index (κ1) is 23.3. The van der Waals surface area contributed by atoms with Gasteiger partial charge in [-0.25, -0.2) is 9.78 Å². The van der Waals surface area contributed by atoms with E-state index in [1.54, 1.807) is 37.1 Å². The van der Waals surface area contributed by atoms with Crippen LogP contribution in [0.4, 0.5) is 5.69 Å². The Bertz CT molecular complexity index is 1350. The number of aryl methyl sites for hydroxylation is 2. The second-order valence-corrected chi connectivity index (χ2v) is 8.70. The van der Waals surface area contributed by atoms with Crippen LogP contribution < -0.4 is 21.5 Å². The Balaban J connectivity index is 1.71. The minimum absolute atomic E-state index is 0.118. The SMILES string of the molecule is Cc1cnc2c(c1N1CCN(C(=O)c3ccco3)CC1)c(=O)n(CC(=O)NC(C)C)c(=O)n2C. The Morgan fingerprint density at radius 3 is 2.50 bits per heavy atom. The summed E-state index contributed by atoms with van der Waals surface area (Å²) in [5.41, 5.74) is 0.524. The largest absolute Gasteiger partial charge is 0.459 e. The van der Waals surface area contributed by atoms with Crippen LogP contribution in [-0.2, 0) is 18.4 Å². The number of carbonyl (C=O) groups excluding carboxylic acids is 2. The molecule has 0 radical (unpaired) electrons. The standard InChI is InChI=1S/C23H28N6O5/c1-14(2)25-17(30)13-29-22(32)18-19(15(3)12-24-20(18)26(4)23(29)33)27-7-9-28(10-8-27)21(31)16-6-5-11-34-16/h5-6,11-12,14H,7-10,13H2,1-4H3,(H,25,30). The van der Waals surface area contributed by atoms with Gasteiger partial charge in [-0.1, -0.05) is 0 Å². The van der Waals surface area contributed by atoms with Crippen molar-refractivity contribution in [2.24, 2.45) is 7.05 Å². The molecule has 2 amide bonds. The highest BCUT2D eigenvalue weighted by atomic mass is 16.3. The van der Waals surface area contributed by atoms with Gasteiger partial charge in [-0.2, -0.15) is 0 Å². The van der Waals surface area contributed by atoms with Gasteiger partial charge in [-0.15, -0.1) is 0 Å². The summed E-state index contributed by atoms with van der Waals surface area (Å²) in [5.74, 6) is -0.306. The van der Waals surface area contributed by atoms with Gasteiger partial charge in [0, 0.05) is 45.5 Å². The van der Waals surface area contributed by atoms with Crippen LogP contribution in [0.15, 0.2) is 38.6 Å². The van der Waals surface area contributed by atoms with Gasteiger partial charge in [0.15, 0.2) is 11.4 Å². The molecule has 1 fully saturated rings. The molecule has 1 aliphatic rings. The maximum Gasteiger partial charge on any atom is 0.332 e. The molecule has 0 spiro atoms. The smallest absolute Gasteiger partial charge is 0.332 e. The molecule has 180 valence electrons. The lowest BCUT2D eigenvalue weighted by Crippen LogP contribution is -2.49. The normalized spacial score (nSPS) is 14.1. The van der Waals surface area contributed by atoms with Crippen LogP contribution >= 0.6 is 0 Å². The van der Waals surface area contributed by atoms with E-state index in [2.05, 4.69) is 10.3 Å². The molecule has 0 saturated carbocycles. The predicted octanol–water partition coefficient (Wildman–Crippen LogP) is 0.484. The number of carbonyl (C=O) groups is 2. The van der Waals surface area contributed by atoms with Crippen LogP contribution in [0, 0.1) is 6.92 Å². The maximum atomic E-state index is 13.5. The Morgan fingerprint density at radius 1 is 1.18 bits per heavy atom. The third-order valence-electron chi connectivity index (χ3n) is 5.88. The maximum absolute atomic E-state index is 13.5. The monoisotopic (exact) mass is 468 g/mol. The van der Waals surface area contributed by atoms with Gasteiger partial charge in [0.05, 0.1) is 12.0 Å². The summed E-state index contributed by atoms with van der Waals surface area (Å²) in [6.07, 6.45) is 3.10. The van der Waals surface area contributed by atoms with Crippen molar-refractivity contribution in [2.45, 2.75) is 33.4 Å². The van der Waals surface area contributed by atoms with Gasteiger partial charge in [0.25, 0.3) is 11.5 Å².